The van der Waals surface area contributed by atoms with E-state index in [0.717, 1.165) is 0 Å². The van der Waals surface area contributed by atoms with Crippen molar-refractivity contribution in [2.45, 2.75) is 17.6 Å². The average molecular weight is 351 g/mol. The van der Waals surface area contributed by atoms with Gasteiger partial charge in [0.05, 0.1) is 5.71 Å². The van der Waals surface area contributed by atoms with E-state index in [4.69, 9.17) is 0 Å². The van der Waals surface area contributed by atoms with Crippen molar-refractivity contribution in [1.82, 2.24) is 5.01 Å². The zero-order valence-electron chi connectivity index (χ0n) is 10.5. The van der Waals surface area contributed by atoms with Crippen LogP contribution in [0, 0.1) is 0 Å². The summed E-state index contributed by atoms with van der Waals surface area (Å²) in [5.74, 6) is -0.570. The van der Waals surface area contributed by atoms with Gasteiger partial charge < -0.3 is 4.74 Å². The van der Waals surface area contributed by atoms with E-state index in [2.05, 4.69) is 25.8 Å². The van der Waals surface area contributed by atoms with Crippen molar-refractivity contribution < 1.29 is 22.7 Å². The smallest absolute Gasteiger partial charge is 0.406 e. The highest BCUT2D eigenvalue weighted by Crippen LogP contribution is 2.32. The zero-order chi connectivity index (χ0) is 15.1. The molecule has 0 saturated carbocycles. The molecule has 1 amide bonds. The van der Waals surface area contributed by atoms with Gasteiger partial charge in [-0.25, -0.2) is 5.01 Å². The van der Waals surface area contributed by atoms with E-state index in [9.17, 15) is 18.0 Å². The number of halogens is 4. The first-order valence-electron chi connectivity index (χ1n) is 5.53. The van der Waals surface area contributed by atoms with Gasteiger partial charge in [-0.05, 0) is 31.2 Å². The number of nitrogens with zero attached hydrogens (tertiary/aromatic N) is 2. The van der Waals surface area contributed by atoms with Crippen molar-refractivity contribution in [3.63, 3.8) is 0 Å². The molecule has 0 aromatic heterocycles. The van der Waals surface area contributed by atoms with Crippen LogP contribution in [0.1, 0.15) is 12.5 Å². The summed E-state index contributed by atoms with van der Waals surface area (Å²) in [6.07, 6.45) is -4.73. The monoisotopic (exact) mass is 350 g/mol. The van der Waals surface area contributed by atoms with Gasteiger partial charge in [-0.2, -0.15) is 5.10 Å². The molecule has 108 valence electrons. The Kier molecular flexibility index (Phi) is 3.53. The van der Waals surface area contributed by atoms with Crippen LogP contribution in [-0.2, 0) is 4.79 Å². The Hall–Kier alpha value is -1.57. The van der Waals surface area contributed by atoms with Gasteiger partial charge in [0.1, 0.15) is 10.1 Å². The van der Waals surface area contributed by atoms with Crippen LogP contribution in [0.15, 0.2) is 29.4 Å². The maximum absolute atomic E-state index is 12.1. The van der Waals surface area contributed by atoms with E-state index in [-0.39, 0.29) is 11.7 Å². The van der Waals surface area contributed by atoms with E-state index in [0.29, 0.717) is 11.3 Å². The lowest BCUT2D eigenvalue weighted by Gasteiger charge is -2.16. The highest BCUT2D eigenvalue weighted by atomic mass is 79.9. The van der Waals surface area contributed by atoms with Crippen LogP contribution in [0.4, 0.5) is 13.2 Å². The third kappa shape index (κ3) is 2.79. The van der Waals surface area contributed by atoms with Crippen molar-refractivity contribution in [2.75, 3.05) is 7.05 Å². The second-order valence-electron chi connectivity index (χ2n) is 4.35. The van der Waals surface area contributed by atoms with Crippen LogP contribution < -0.4 is 4.74 Å². The summed E-state index contributed by atoms with van der Waals surface area (Å²) in [4.78, 5) is 11.9. The Balaban J connectivity index is 2.27. The highest BCUT2D eigenvalue weighted by Gasteiger charge is 2.44. The molecule has 1 heterocycles. The van der Waals surface area contributed by atoms with Gasteiger partial charge in [0.15, 0.2) is 0 Å². The first kappa shape index (κ1) is 14.8. The average Bonchev–Trinajstić information content (AvgIpc) is 2.52. The molecule has 2 rings (SSSR count). The van der Waals surface area contributed by atoms with Gasteiger partial charge in [-0.3, -0.25) is 4.79 Å². The van der Waals surface area contributed by atoms with E-state index in [1.54, 1.807) is 6.92 Å². The zero-order valence-corrected chi connectivity index (χ0v) is 12.1. The van der Waals surface area contributed by atoms with Crippen molar-refractivity contribution in [2.24, 2.45) is 5.10 Å². The number of carbonyl (C=O) groups is 1. The maximum atomic E-state index is 12.1. The fraction of sp³-hybridized carbons (Fsp3) is 0.333. The first-order valence-corrected chi connectivity index (χ1v) is 6.33. The van der Waals surface area contributed by atoms with Crippen LogP contribution in [-0.4, -0.2) is 34.4 Å². The van der Waals surface area contributed by atoms with Crippen molar-refractivity contribution in [1.29, 1.82) is 0 Å². The third-order valence-corrected chi connectivity index (χ3v) is 3.47. The van der Waals surface area contributed by atoms with Gasteiger partial charge in [0.2, 0.25) is 0 Å². The number of hydrazone groups is 1. The van der Waals surface area contributed by atoms with Gasteiger partial charge in [-0.15, -0.1) is 13.2 Å². The number of rotatable bonds is 2. The minimum Gasteiger partial charge on any atom is -0.406 e. The second-order valence-corrected chi connectivity index (χ2v) is 5.94. The lowest BCUT2D eigenvalue weighted by molar-refractivity contribution is -0.274. The minimum atomic E-state index is -4.73. The predicted molar refractivity (Wildman–Crippen MR) is 69.8 cm³/mol. The van der Waals surface area contributed by atoms with Crippen LogP contribution in [0.3, 0.4) is 0 Å². The van der Waals surface area contributed by atoms with Crippen molar-refractivity contribution in [3.8, 4) is 5.75 Å². The number of hydrogen-bond donors (Lipinski definition) is 0. The number of hydrogen-bond acceptors (Lipinski definition) is 3. The third-order valence-electron chi connectivity index (χ3n) is 2.75. The van der Waals surface area contributed by atoms with Gasteiger partial charge >= 0.3 is 6.36 Å². The molecule has 0 N–H and O–H groups in total. The van der Waals surface area contributed by atoms with Gasteiger partial charge in [0, 0.05) is 12.6 Å². The molecule has 1 aliphatic rings. The van der Waals surface area contributed by atoms with Crippen LogP contribution in [0.5, 0.6) is 5.75 Å². The number of amides is 1. The maximum Gasteiger partial charge on any atom is 0.573 e. The lowest BCUT2D eigenvalue weighted by atomic mass is 9.98. The van der Waals surface area contributed by atoms with Crippen LogP contribution in [0.2, 0.25) is 0 Å². The summed E-state index contributed by atoms with van der Waals surface area (Å²) in [6, 6.07) is 5.20. The molecule has 1 aromatic carbocycles. The van der Waals surface area contributed by atoms with Crippen LogP contribution >= 0.6 is 15.9 Å². The SMILES string of the molecule is CN1N=C(c2ccc(OC(F)(F)F)cc2)C(C)(Br)C1=O. The molecule has 0 radical (unpaired) electrons. The number of carbonyl (C=O) groups excluding carboxylic acids is 1. The minimum absolute atomic E-state index is 0.247. The summed E-state index contributed by atoms with van der Waals surface area (Å²) in [6.45, 7) is 1.64. The summed E-state index contributed by atoms with van der Waals surface area (Å²) < 4.78 is 39.0. The standard InChI is InChI=1S/C12H10BrF3N2O2/c1-11(13)9(17-18(2)10(11)19)7-3-5-8(6-4-7)20-12(14,15)16/h3-6H,1-2H3. The summed E-state index contributed by atoms with van der Waals surface area (Å²) in [7, 11) is 1.51. The molecule has 20 heavy (non-hydrogen) atoms. The molecule has 0 bridgehead atoms. The lowest BCUT2D eigenvalue weighted by Crippen LogP contribution is -2.37. The predicted octanol–water partition coefficient (Wildman–Crippen LogP) is 2.91. The molecular weight excluding hydrogens is 341 g/mol. The highest BCUT2D eigenvalue weighted by molar-refractivity contribution is 9.10. The molecule has 1 atom stereocenters. The molecule has 1 aromatic rings. The van der Waals surface area contributed by atoms with E-state index in [1.807, 2.05) is 0 Å². The fourth-order valence-electron chi connectivity index (χ4n) is 1.84. The molecule has 0 spiro atoms. The summed E-state index contributed by atoms with van der Waals surface area (Å²) >= 11 is 3.29. The topological polar surface area (TPSA) is 41.9 Å². The fourth-order valence-corrected chi connectivity index (χ4v) is 2.40. The van der Waals surface area contributed by atoms with Crippen molar-refractivity contribution >= 4 is 27.5 Å². The molecule has 1 aliphatic heterocycles. The van der Waals surface area contributed by atoms with Crippen molar-refractivity contribution in [3.05, 3.63) is 29.8 Å². The molecular formula is C12H10BrF3N2O2. The second kappa shape index (κ2) is 4.76. The molecule has 1 unspecified atom stereocenters. The quantitative estimate of drug-likeness (QED) is 0.769. The van der Waals surface area contributed by atoms with E-state index < -0.39 is 10.7 Å². The molecule has 0 saturated heterocycles. The van der Waals surface area contributed by atoms with E-state index in [1.165, 1.54) is 36.3 Å². The number of benzene rings is 1. The van der Waals surface area contributed by atoms with E-state index >= 15 is 0 Å². The Morgan fingerprint density at radius 1 is 1.30 bits per heavy atom. The Bertz CT molecular complexity index is 567. The number of alkyl halides is 4. The van der Waals surface area contributed by atoms with Gasteiger partial charge in [0.25, 0.3) is 5.91 Å². The number of ether oxygens (including phenoxy) is 1. The Labute approximate surface area is 121 Å². The molecule has 4 nitrogen and oxygen atoms in total. The van der Waals surface area contributed by atoms with Gasteiger partial charge in [-0.1, -0.05) is 15.9 Å². The first-order chi connectivity index (χ1) is 9.11. The normalized spacial score (nSPS) is 23.0. The van der Waals surface area contributed by atoms with Crippen LogP contribution in [0.25, 0.3) is 0 Å². The summed E-state index contributed by atoms with van der Waals surface area (Å²) in [5.41, 5.74) is 0.972. The molecule has 0 aliphatic carbocycles. The molecule has 8 heteroatoms. The summed E-state index contributed by atoms with van der Waals surface area (Å²) in [5, 5.41) is 5.27. The molecule has 0 fully saturated rings. The Morgan fingerprint density at radius 3 is 2.25 bits per heavy atom. The Morgan fingerprint density at radius 2 is 1.85 bits per heavy atom. The largest absolute Gasteiger partial charge is 0.573 e.